The van der Waals surface area contributed by atoms with Gasteiger partial charge in [0.15, 0.2) is 0 Å². The molecule has 0 spiro atoms. The Morgan fingerprint density at radius 1 is 1.33 bits per heavy atom. The Labute approximate surface area is 135 Å². The number of likely N-dealkylation sites (N-methyl/N-ethyl adjacent to an activating group) is 1. The van der Waals surface area contributed by atoms with Gasteiger partial charge in [-0.3, -0.25) is 4.98 Å². The molecule has 0 aliphatic rings. The second-order valence-corrected chi connectivity index (χ2v) is 5.77. The van der Waals surface area contributed by atoms with E-state index in [1.54, 1.807) is 18.3 Å². The predicted molar refractivity (Wildman–Crippen MR) is 83.4 cm³/mol. The molecule has 2 nitrogen and oxygen atoms in total. The SMILES string of the molecule is CCNC(Cc1c(F)ccc(Br)c1F)c1ncccc1Cl. The van der Waals surface area contributed by atoms with E-state index in [0.717, 1.165) is 0 Å². The molecule has 6 heteroatoms. The van der Waals surface area contributed by atoms with Crippen LogP contribution in [0.15, 0.2) is 34.9 Å². The van der Waals surface area contributed by atoms with Gasteiger partial charge in [-0.2, -0.15) is 0 Å². The van der Waals surface area contributed by atoms with E-state index in [9.17, 15) is 8.78 Å². The van der Waals surface area contributed by atoms with Crippen LogP contribution in [0.3, 0.4) is 0 Å². The average molecular weight is 376 g/mol. The van der Waals surface area contributed by atoms with Crippen LogP contribution in [0.4, 0.5) is 8.78 Å². The van der Waals surface area contributed by atoms with Crippen molar-refractivity contribution in [1.82, 2.24) is 10.3 Å². The van der Waals surface area contributed by atoms with Crippen LogP contribution >= 0.6 is 27.5 Å². The second-order valence-electron chi connectivity index (χ2n) is 4.51. The molecular formula is C15H14BrClF2N2. The largest absolute Gasteiger partial charge is 0.309 e. The summed E-state index contributed by atoms with van der Waals surface area (Å²) in [7, 11) is 0. The van der Waals surface area contributed by atoms with E-state index >= 15 is 0 Å². The van der Waals surface area contributed by atoms with Gasteiger partial charge in [0.1, 0.15) is 11.6 Å². The van der Waals surface area contributed by atoms with Crippen molar-refractivity contribution in [2.75, 3.05) is 6.54 Å². The van der Waals surface area contributed by atoms with E-state index in [1.165, 1.54) is 12.1 Å². The van der Waals surface area contributed by atoms with Crippen molar-refractivity contribution in [3.05, 3.63) is 62.8 Å². The van der Waals surface area contributed by atoms with Crippen molar-refractivity contribution < 1.29 is 8.78 Å². The first-order valence-corrected chi connectivity index (χ1v) is 7.67. The van der Waals surface area contributed by atoms with Gasteiger partial charge in [0.25, 0.3) is 0 Å². The van der Waals surface area contributed by atoms with Crippen LogP contribution in [0.2, 0.25) is 5.02 Å². The number of nitrogens with one attached hydrogen (secondary N) is 1. The molecular weight excluding hydrogens is 362 g/mol. The lowest BCUT2D eigenvalue weighted by Gasteiger charge is -2.19. The summed E-state index contributed by atoms with van der Waals surface area (Å²) in [5, 5.41) is 3.64. The van der Waals surface area contributed by atoms with Gasteiger partial charge < -0.3 is 5.32 Å². The van der Waals surface area contributed by atoms with Gasteiger partial charge in [0.05, 0.1) is 21.2 Å². The highest BCUT2D eigenvalue weighted by Gasteiger charge is 2.21. The Morgan fingerprint density at radius 3 is 2.76 bits per heavy atom. The van der Waals surface area contributed by atoms with Gasteiger partial charge in [-0.05, 0) is 53.2 Å². The average Bonchev–Trinajstić information content (AvgIpc) is 2.47. The quantitative estimate of drug-likeness (QED) is 0.768. The number of hydrogen-bond donors (Lipinski definition) is 1. The van der Waals surface area contributed by atoms with Crippen molar-refractivity contribution in [1.29, 1.82) is 0 Å². The third kappa shape index (κ3) is 3.78. The molecule has 0 aliphatic heterocycles. The Bertz CT molecular complexity index is 637. The first kappa shape index (κ1) is 16.3. The lowest BCUT2D eigenvalue weighted by molar-refractivity contribution is 0.491. The summed E-state index contributed by atoms with van der Waals surface area (Å²) in [5.74, 6) is -1.17. The zero-order valence-corrected chi connectivity index (χ0v) is 13.7. The number of hydrogen-bond acceptors (Lipinski definition) is 2. The van der Waals surface area contributed by atoms with Crippen molar-refractivity contribution in [2.45, 2.75) is 19.4 Å². The van der Waals surface area contributed by atoms with Crippen LogP contribution in [0.25, 0.3) is 0 Å². The number of aromatic nitrogens is 1. The molecule has 0 bridgehead atoms. The third-order valence-corrected chi connectivity index (χ3v) is 4.05. The highest BCUT2D eigenvalue weighted by molar-refractivity contribution is 9.10. The predicted octanol–water partition coefficient (Wildman–Crippen LogP) is 4.67. The summed E-state index contributed by atoms with van der Waals surface area (Å²) >= 11 is 9.21. The molecule has 2 rings (SSSR count). The molecule has 1 atom stereocenters. The molecule has 0 radical (unpaired) electrons. The van der Waals surface area contributed by atoms with E-state index in [-0.39, 0.29) is 22.5 Å². The molecule has 0 aliphatic carbocycles. The van der Waals surface area contributed by atoms with Crippen molar-refractivity contribution >= 4 is 27.5 Å². The zero-order chi connectivity index (χ0) is 15.4. The molecule has 21 heavy (non-hydrogen) atoms. The number of pyridine rings is 1. The molecule has 0 amide bonds. The highest BCUT2D eigenvalue weighted by atomic mass is 79.9. The second kappa shape index (κ2) is 7.29. The maximum atomic E-state index is 14.1. The molecule has 1 aromatic heterocycles. The number of halogens is 4. The molecule has 112 valence electrons. The minimum Gasteiger partial charge on any atom is -0.309 e. The fourth-order valence-corrected chi connectivity index (χ4v) is 2.75. The molecule has 1 N–H and O–H groups in total. The fraction of sp³-hybridized carbons (Fsp3) is 0.267. The fourth-order valence-electron chi connectivity index (χ4n) is 2.13. The number of benzene rings is 1. The van der Waals surface area contributed by atoms with Crippen LogP contribution in [-0.4, -0.2) is 11.5 Å². The van der Waals surface area contributed by atoms with Gasteiger partial charge in [-0.1, -0.05) is 18.5 Å². The van der Waals surface area contributed by atoms with E-state index in [1.807, 2.05) is 6.92 Å². The molecule has 0 fully saturated rings. The van der Waals surface area contributed by atoms with Gasteiger partial charge in [-0.15, -0.1) is 0 Å². The minimum absolute atomic E-state index is 0.0112. The summed E-state index contributed by atoms with van der Waals surface area (Å²) in [6.07, 6.45) is 1.74. The van der Waals surface area contributed by atoms with Gasteiger partial charge in [0.2, 0.25) is 0 Å². The minimum atomic E-state index is -0.593. The van der Waals surface area contributed by atoms with Crippen LogP contribution < -0.4 is 5.32 Å². The molecule has 0 saturated carbocycles. The monoisotopic (exact) mass is 374 g/mol. The van der Waals surface area contributed by atoms with E-state index < -0.39 is 11.6 Å². The lowest BCUT2D eigenvalue weighted by Crippen LogP contribution is -2.25. The van der Waals surface area contributed by atoms with E-state index in [0.29, 0.717) is 17.3 Å². The van der Waals surface area contributed by atoms with Crippen molar-refractivity contribution in [3.8, 4) is 0 Å². The highest BCUT2D eigenvalue weighted by Crippen LogP contribution is 2.28. The third-order valence-electron chi connectivity index (χ3n) is 3.11. The maximum absolute atomic E-state index is 14.1. The first-order chi connectivity index (χ1) is 10.0. The molecule has 1 heterocycles. The topological polar surface area (TPSA) is 24.9 Å². The van der Waals surface area contributed by atoms with Gasteiger partial charge in [-0.25, -0.2) is 8.78 Å². The molecule has 1 unspecified atom stereocenters. The van der Waals surface area contributed by atoms with Crippen LogP contribution in [0.5, 0.6) is 0 Å². The Kier molecular flexibility index (Phi) is 5.67. The van der Waals surface area contributed by atoms with Crippen LogP contribution in [0, 0.1) is 11.6 Å². The van der Waals surface area contributed by atoms with Gasteiger partial charge in [0, 0.05) is 11.8 Å². The maximum Gasteiger partial charge on any atom is 0.143 e. The summed E-state index contributed by atoms with van der Waals surface area (Å²) in [6, 6.07) is 5.66. The number of rotatable bonds is 5. The summed E-state index contributed by atoms with van der Waals surface area (Å²) < 4.78 is 28.3. The smallest absolute Gasteiger partial charge is 0.143 e. The van der Waals surface area contributed by atoms with E-state index in [4.69, 9.17) is 11.6 Å². The molecule has 0 saturated heterocycles. The molecule has 2 aromatic rings. The Morgan fingerprint density at radius 2 is 2.10 bits per heavy atom. The normalized spacial score (nSPS) is 12.4. The van der Waals surface area contributed by atoms with Crippen molar-refractivity contribution in [3.63, 3.8) is 0 Å². The summed E-state index contributed by atoms with van der Waals surface area (Å²) in [5.41, 5.74) is 0.594. The number of nitrogens with zero attached hydrogens (tertiary/aromatic N) is 1. The standard InChI is InChI=1S/C15H14BrClF2N2/c1-2-20-13(15-11(17)4-3-7-21-15)8-9-12(18)6-5-10(16)14(9)19/h3-7,13,20H,2,8H2,1H3. The first-order valence-electron chi connectivity index (χ1n) is 6.50. The Hall–Kier alpha value is -1.04. The van der Waals surface area contributed by atoms with Gasteiger partial charge >= 0.3 is 0 Å². The zero-order valence-electron chi connectivity index (χ0n) is 11.3. The van der Waals surface area contributed by atoms with Crippen LogP contribution in [-0.2, 0) is 6.42 Å². The summed E-state index contributed by atoms with van der Waals surface area (Å²) in [6.45, 7) is 2.55. The molecule has 1 aromatic carbocycles. The summed E-state index contributed by atoms with van der Waals surface area (Å²) in [4.78, 5) is 4.22. The lowest BCUT2D eigenvalue weighted by atomic mass is 10.0. The van der Waals surface area contributed by atoms with Crippen molar-refractivity contribution in [2.24, 2.45) is 0 Å². The van der Waals surface area contributed by atoms with Crippen LogP contribution in [0.1, 0.15) is 24.2 Å². The Balaban J connectivity index is 2.38. The van der Waals surface area contributed by atoms with E-state index in [2.05, 4.69) is 26.2 Å².